The van der Waals surface area contributed by atoms with Crippen LogP contribution in [0.2, 0.25) is 0 Å². The number of aromatic nitrogens is 3. The number of rotatable bonds is 6. The first kappa shape index (κ1) is 18.6. The Labute approximate surface area is 169 Å². The van der Waals surface area contributed by atoms with Gasteiger partial charge < -0.3 is 5.32 Å². The third kappa shape index (κ3) is 3.65. The van der Waals surface area contributed by atoms with Crippen molar-refractivity contribution in [3.63, 3.8) is 0 Å². The highest BCUT2D eigenvalue weighted by molar-refractivity contribution is 7.98. The summed E-state index contributed by atoms with van der Waals surface area (Å²) in [6, 6.07) is 14.0. The maximum absolute atomic E-state index is 14.0. The van der Waals surface area contributed by atoms with Gasteiger partial charge in [0.15, 0.2) is 5.82 Å². The molecule has 2 aromatic heterocycles. The molecule has 28 heavy (non-hydrogen) atoms. The van der Waals surface area contributed by atoms with Crippen molar-refractivity contribution >= 4 is 34.0 Å². The fourth-order valence-electron chi connectivity index (χ4n) is 2.88. The molecule has 0 fully saturated rings. The van der Waals surface area contributed by atoms with Crippen molar-refractivity contribution in [1.29, 1.82) is 0 Å². The normalized spacial score (nSPS) is 11.1. The Morgan fingerprint density at radius 2 is 2.00 bits per heavy atom. The van der Waals surface area contributed by atoms with Gasteiger partial charge in [-0.2, -0.15) is 4.98 Å². The molecule has 0 radical (unpaired) electrons. The van der Waals surface area contributed by atoms with Crippen molar-refractivity contribution in [2.75, 3.05) is 12.8 Å². The van der Waals surface area contributed by atoms with Gasteiger partial charge in [0.2, 0.25) is 4.96 Å². The van der Waals surface area contributed by atoms with E-state index in [2.05, 4.69) is 15.4 Å². The molecule has 8 heteroatoms. The van der Waals surface area contributed by atoms with Crippen molar-refractivity contribution < 1.29 is 9.18 Å². The van der Waals surface area contributed by atoms with Crippen LogP contribution in [0.15, 0.2) is 58.8 Å². The van der Waals surface area contributed by atoms with E-state index in [9.17, 15) is 9.18 Å². The number of amides is 1. The quantitative estimate of drug-likeness (QED) is 0.480. The molecule has 0 aliphatic heterocycles. The van der Waals surface area contributed by atoms with Crippen molar-refractivity contribution in [1.82, 2.24) is 19.9 Å². The molecule has 0 saturated heterocycles. The molecule has 0 atom stereocenters. The first-order chi connectivity index (χ1) is 13.7. The first-order valence-electron chi connectivity index (χ1n) is 8.66. The Morgan fingerprint density at radius 3 is 2.82 bits per heavy atom. The van der Waals surface area contributed by atoms with Gasteiger partial charge in [-0.1, -0.05) is 24.3 Å². The van der Waals surface area contributed by atoms with E-state index in [1.165, 1.54) is 17.4 Å². The minimum absolute atomic E-state index is 0.0953. The molecule has 1 N–H and O–H groups in total. The zero-order valence-corrected chi connectivity index (χ0v) is 16.7. The Balaban J connectivity index is 1.47. The maximum Gasteiger partial charge on any atom is 0.252 e. The van der Waals surface area contributed by atoms with Crippen LogP contribution >= 0.6 is 23.1 Å². The van der Waals surface area contributed by atoms with Gasteiger partial charge in [-0.15, -0.1) is 28.2 Å². The number of fused-ring (bicyclic) bond motifs is 1. The number of thioether (sulfide) groups is 1. The van der Waals surface area contributed by atoms with E-state index >= 15 is 0 Å². The third-order valence-electron chi connectivity index (χ3n) is 4.28. The van der Waals surface area contributed by atoms with E-state index in [4.69, 9.17) is 0 Å². The summed E-state index contributed by atoms with van der Waals surface area (Å²) < 4.78 is 15.7. The number of nitrogens with one attached hydrogen (secondary N) is 1. The summed E-state index contributed by atoms with van der Waals surface area (Å²) in [6.07, 6.45) is 2.55. The standard InChI is InChI=1S/C20H17FN4OS2/c1-27-17-9-5-3-7-15(17)19(26)22-11-10-13-12-28-20-23-18(24-25(13)20)14-6-2-4-8-16(14)21/h2-9,12H,10-11H2,1H3,(H,22,26). The topological polar surface area (TPSA) is 59.3 Å². The maximum atomic E-state index is 14.0. The van der Waals surface area contributed by atoms with E-state index in [1.54, 1.807) is 34.5 Å². The number of hydrogen-bond donors (Lipinski definition) is 1. The number of carbonyl (C=O) groups is 1. The summed E-state index contributed by atoms with van der Waals surface area (Å²) >= 11 is 2.99. The molecule has 4 aromatic rings. The molecular formula is C20H17FN4OS2. The van der Waals surface area contributed by atoms with Gasteiger partial charge >= 0.3 is 0 Å². The number of nitrogens with zero attached hydrogens (tertiary/aromatic N) is 3. The summed E-state index contributed by atoms with van der Waals surface area (Å²) in [5, 5.41) is 9.36. The van der Waals surface area contributed by atoms with Crippen molar-refractivity contribution in [3.8, 4) is 11.4 Å². The van der Waals surface area contributed by atoms with E-state index in [0.717, 1.165) is 10.6 Å². The van der Waals surface area contributed by atoms with Gasteiger partial charge in [0.25, 0.3) is 5.91 Å². The molecule has 142 valence electrons. The molecule has 2 aromatic carbocycles. The van der Waals surface area contributed by atoms with Gasteiger partial charge in [-0.25, -0.2) is 8.91 Å². The van der Waals surface area contributed by atoms with Gasteiger partial charge in [0, 0.05) is 23.2 Å². The first-order valence-corrected chi connectivity index (χ1v) is 10.8. The number of hydrogen-bond acceptors (Lipinski definition) is 5. The number of thiazole rings is 1. The summed E-state index contributed by atoms with van der Waals surface area (Å²) in [5.74, 6) is -0.0757. The molecule has 2 heterocycles. The van der Waals surface area contributed by atoms with Gasteiger partial charge in [-0.3, -0.25) is 4.79 Å². The van der Waals surface area contributed by atoms with E-state index < -0.39 is 0 Å². The number of carbonyl (C=O) groups excluding carboxylic acids is 1. The van der Waals surface area contributed by atoms with Crippen LogP contribution in [0.4, 0.5) is 4.39 Å². The smallest absolute Gasteiger partial charge is 0.252 e. The Kier molecular flexibility index (Phi) is 5.40. The average Bonchev–Trinajstić information content (AvgIpc) is 3.30. The summed E-state index contributed by atoms with van der Waals surface area (Å²) in [6.45, 7) is 0.474. The van der Waals surface area contributed by atoms with Crippen LogP contribution in [-0.4, -0.2) is 33.3 Å². The fraction of sp³-hybridized carbons (Fsp3) is 0.150. The van der Waals surface area contributed by atoms with Crippen LogP contribution < -0.4 is 5.32 Å². The highest BCUT2D eigenvalue weighted by atomic mass is 32.2. The lowest BCUT2D eigenvalue weighted by Crippen LogP contribution is -2.26. The van der Waals surface area contributed by atoms with E-state index in [0.29, 0.717) is 34.9 Å². The fourth-order valence-corrected chi connectivity index (χ4v) is 4.34. The second-order valence-corrected chi connectivity index (χ2v) is 7.73. The minimum atomic E-state index is -0.345. The van der Waals surface area contributed by atoms with E-state index in [-0.39, 0.29) is 11.7 Å². The average molecular weight is 413 g/mol. The van der Waals surface area contributed by atoms with Crippen LogP contribution in [-0.2, 0) is 6.42 Å². The zero-order chi connectivity index (χ0) is 19.5. The van der Waals surface area contributed by atoms with Gasteiger partial charge in [-0.05, 0) is 30.5 Å². The van der Waals surface area contributed by atoms with Crippen molar-refractivity contribution in [2.24, 2.45) is 0 Å². The van der Waals surface area contributed by atoms with Crippen LogP contribution in [0.3, 0.4) is 0 Å². The SMILES string of the molecule is CSc1ccccc1C(=O)NCCc1csc2nc(-c3ccccc3F)nn12. The lowest BCUT2D eigenvalue weighted by Gasteiger charge is -2.08. The highest BCUT2D eigenvalue weighted by Crippen LogP contribution is 2.23. The largest absolute Gasteiger partial charge is 0.352 e. The van der Waals surface area contributed by atoms with Gasteiger partial charge in [0.05, 0.1) is 16.8 Å². The van der Waals surface area contributed by atoms with Crippen molar-refractivity contribution in [2.45, 2.75) is 11.3 Å². The molecule has 5 nitrogen and oxygen atoms in total. The molecular weight excluding hydrogens is 395 g/mol. The molecule has 0 aliphatic carbocycles. The van der Waals surface area contributed by atoms with Crippen LogP contribution in [0.25, 0.3) is 16.3 Å². The second kappa shape index (κ2) is 8.12. The van der Waals surface area contributed by atoms with Crippen molar-refractivity contribution in [3.05, 3.63) is 71.0 Å². The number of benzene rings is 2. The minimum Gasteiger partial charge on any atom is -0.352 e. The summed E-state index contributed by atoms with van der Waals surface area (Å²) in [4.78, 5) is 18.5. The van der Waals surface area contributed by atoms with Gasteiger partial charge in [0.1, 0.15) is 5.82 Å². The molecule has 0 spiro atoms. The van der Waals surface area contributed by atoms with Crippen LogP contribution in [0.1, 0.15) is 16.1 Å². The summed E-state index contributed by atoms with van der Waals surface area (Å²) in [5.41, 5.74) is 1.98. The second-order valence-electron chi connectivity index (χ2n) is 6.04. The monoisotopic (exact) mass is 412 g/mol. The predicted molar refractivity (Wildman–Crippen MR) is 111 cm³/mol. The lowest BCUT2D eigenvalue weighted by molar-refractivity contribution is 0.0951. The van der Waals surface area contributed by atoms with Crippen LogP contribution in [0, 0.1) is 5.82 Å². The Hall–Kier alpha value is -2.71. The lowest BCUT2D eigenvalue weighted by atomic mass is 10.2. The molecule has 0 unspecified atom stereocenters. The van der Waals surface area contributed by atoms with E-state index in [1.807, 2.05) is 35.9 Å². The van der Waals surface area contributed by atoms with Crippen LogP contribution in [0.5, 0.6) is 0 Å². The Morgan fingerprint density at radius 1 is 1.21 bits per heavy atom. The third-order valence-corrected chi connectivity index (χ3v) is 5.94. The zero-order valence-electron chi connectivity index (χ0n) is 15.1. The highest BCUT2D eigenvalue weighted by Gasteiger charge is 2.15. The molecule has 0 bridgehead atoms. The molecule has 0 aliphatic rings. The molecule has 0 saturated carbocycles. The molecule has 1 amide bonds. The molecule has 4 rings (SSSR count). The summed E-state index contributed by atoms with van der Waals surface area (Å²) in [7, 11) is 0. The Bertz CT molecular complexity index is 1140. The predicted octanol–water partition coefficient (Wildman–Crippen LogP) is 4.29. The number of halogens is 1.